The van der Waals surface area contributed by atoms with Gasteiger partial charge in [0.05, 0.1) is 6.10 Å². The highest BCUT2D eigenvalue weighted by atomic mass is 16.3. The van der Waals surface area contributed by atoms with Crippen molar-refractivity contribution in [2.24, 2.45) is 57.7 Å². The zero-order valence-corrected chi connectivity index (χ0v) is 20.1. The minimum absolute atomic E-state index is 0.0126. The van der Waals surface area contributed by atoms with Gasteiger partial charge >= 0.3 is 0 Å². The average Bonchev–Trinajstić information content (AvgIpc) is 3.22. The van der Waals surface area contributed by atoms with Crippen molar-refractivity contribution in [3.8, 4) is 0 Å². The first-order valence-electron chi connectivity index (χ1n) is 13.4. The Kier molecular flexibility index (Phi) is 5.02. The molecule has 10 atom stereocenters. The molecule has 0 aromatic carbocycles. The van der Waals surface area contributed by atoms with E-state index in [0.29, 0.717) is 16.2 Å². The molecule has 5 fully saturated rings. The van der Waals surface area contributed by atoms with E-state index in [2.05, 4.69) is 34.6 Å². The lowest BCUT2D eigenvalue weighted by Gasteiger charge is -2.56. The van der Waals surface area contributed by atoms with E-state index in [4.69, 9.17) is 0 Å². The molecule has 166 valence electrons. The number of fused-ring (bicyclic) bond motifs is 2. The highest BCUT2D eigenvalue weighted by molar-refractivity contribution is 5.26. The van der Waals surface area contributed by atoms with Crippen LogP contribution in [-0.2, 0) is 0 Å². The predicted molar refractivity (Wildman–Crippen MR) is 122 cm³/mol. The van der Waals surface area contributed by atoms with Crippen molar-refractivity contribution < 1.29 is 5.11 Å². The number of aliphatic hydroxyl groups is 1. The summed E-state index contributed by atoms with van der Waals surface area (Å²) in [6.07, 6.45) is 17.0. The minimum Gasteiger partial charge on any atom is -0.393 e. The van der Waals surface area contributed by atoms with E-state index < -0.39 is 0 Å². The molecule has 0 aromatic heterocycles. The van der Waals surface area contributed by atoms with Crippen molar-refractivity contribution in [2.75, 3.05) is 0 Å². The van der Waals surface area contributed by atoms with Crippen LogP contribution in [0, 0.1) is 57.7 Å². The topological polar surface area (TPSA) is 20.2 Å². The Morgan fingerprint density at radius 1 is 0.828 bits per heavy atom. The van der Waals surface area contributed by atoms with Gasteiger partial charge in [-0.05, 0) is 122 Å². The van der Waals surface area contributed by atoms with Gasteiger partial charge in [0.25, 0.3) is 0 Å². The summed E-state index contributed by atoms with van der Waals surface area (Å²) in [5.41, 5.74) is 2.01. The van der Waals surface area contributed by atoms with Crippen molar-refractivity contribution in [3.63, 3.8) is 0 Å². The van der Waals surface area contributed by atoms with Gasteiger partial charge in [-0.1, -0.05) is 47.5 Å². The zero-order chi connectivity index (χ0) is 20.6. The smallest absolute Gasteiger partial charge is 0.0543 e. The summed E-state index contributed by atoms with van der Waals surface area (Å²) >= 11 is 0. The van der Waals surface area contributed by atoms with Gasteiger partial charge < -0.3 is 5.11 Å². The van der Waals surface area contributed by atoms with Gasteiger partial charge in [-0.3, -0.25) is 0 Å². The van der Waals surface area contributed by atoms with Gasteiger partial charge in [0.15, 0.2) is 0 Å². The molecule has 0 heterocycles. The van der Waals surface area contributed by atoms with Crippen LogP contribution in [0.3, 0.4) is 0 Å². The SMILES string of the molecule is CC(C)[C@H](C)CC[C@@H](C)[C@H]1CC[C@H]2[C@@H]3CC[C@H]4C[C@@H](O)CCC45CC35CC[C@]12C. The summed E-state index contributed by atoms with van der Waals surface area (Å²) in [6.45, 7) is 12.6. The molecule has 0 radical (unpaired) electrons. The van der Waals surface area contributed by atoms with Gasteiger partial charge in [-0.15, -0.1) is 0 Å². The third kappa shape index (κ3) is 2.87. The third-order valence-electron chi connectivity index (χ3n) is 12.3. The molecule has 5 aliphatic rings. The normalized spacial score (nSPS) is 52.9. The van der Waals surface area contributed by atoms with Crippen LogP contribution in [0.15, 0.2) is 0 Å². The molecule has 1 heteroatoms. The van der Waals surface area contributed by atoms with E-state index in [1.807, 2.05) is 0 Å². The summed E-state index contributed by atoms with van der Waals surface area (Å²) < 4.78 is 0. The van der Waals surface area contributed by atoms with Crippen molar-refractivity contribution in [1.82, 2.24) is 0 Å². The molecule has 1 nitrogen and oxygen atoms in total. The number of rotatable bonds is 5. The van der Waals surface area contributed by atoms with Crippen molar-refractivity contribution in [1.29, 1.82) is 0 Å². The van der Waals surface area contributed by atoms with Gasteiger partial charge in [-0.2, -0.15) is 0 Å². The van der Waals surface area contributed by atoms with E-state index in [0.717, 1.165) is 54.3 Å². The Labute approximate surface area is 180 Å². The molecule has 0 aliphatic heterocycles. The molecule has 1 N–H and O–H groups in total. The largest absolute Gasteiger partial charge is 0.393 e. The molecule has 0 aromatic rings. The maximum atomic E-state index is 10.3. The molecule has 5 rings (SSSR count). The second kappa shape index (κ2) is 6.98. The monoisotopic (exact) mass is 400 g/mol. The second-order valence-corrected chi connectivity index (χ2v) is 13.4. The van der Waals surface area contributed by atoms with Crippen LogP contribution < -0.4 is 0 Å². The van der Waals surface area contributed by atoms with Crippen LogP contribution in [0.2, 0.25) is 0 Å². The van der Waals surface area contributed by atoms with Crippen molar-refractivity contribution >= 4 is 0 Å². The van der Waals surface area contributed by atoms with Gasteiger partial charge in [0.1, 0.15) is 0 Å². The Morgan fingerprint density at radius 3 is 2.34 bits per heavy atom. The lowest BCUT2D eigenvalue weighted by atomic mass is 9.49. The standard InChI is InChI=1S/C28H48O/c1-18(2)19(3)6-7-20(4)23-10-11-24-25-9-8-21-16-22(29)12-13-27(21)17-28(25,27)15-14-26(23,24)5/h18-25,29H,6-17H2,1-5H3/t19-,20-,21+,22+,23-,24+,25+,26-,27?,28?/m1/s1. The number of hydrogen-bond acceptors (Lipinski definition) is 1. The molecule has 0 amide bonds. The van der Waals surface area contributed by atoms with E-state index in [-0.39, 0.29) is 6.10 Å². The summed E-state index contributed by atoms with van der Waals surface area (Å²) in [7, 11) is 0. The molecule has 2 spiro atoms. The molecule has 5 aliphatic carbocycles. The molecule has 2 unspecified atom stereocenters. The Morgan fingerprint density at radius 2 is 1.59 bits per heavy atom. The van der Waals surface area contributed by atoms with Gasteiger partial charge in [-0.25, -0.2) is 0 Å². The fourth-order valence-corrected chi connectivity index (χ4v) is 10.2. The second-order valence-electron chi connectivity index (χ2n) is 13.4. The summed E-state index contributed by atoms with van der Waals surface area (Å²) in [4.78, 5) is 0. The van der Waals surface area contributed by atoms with Crippen molar-refractivity contribution in [2.45, 2.75) is 118 Å². The minimum atomic E-state index is 0.0126. The van der Waals surface area contributed by atoms with Gasteiger partial charge in [0, 0.05) is 0 Å². The Balaban J connectivity index is 1.30. The highest BCUT2D eigenvalue weighted by Crippen LogP contribution is 2.85. The van der Waals surface area contributed by atoms with E-state index in [1.165, 1.54) is 57.8 Å². The average molecular weight is 401 g/mol. The fourth-order valence-electron chi connectivity index (χ4n) is 10.2. The summed E-state index contributed by atoms with van der Waals surface area (Å²) in [6, 6.07) is 0. The maximum absolute atomic E-state index is 10.3. The number of hydrogen-bond donors (Lipinski definition) is 1. The molecule has 0 saturated heterocycles. The predicted octanol–water partition coefficient (Wildman–Crippen LogP) is 7.47. The number of aliphatic hydroxyl groups excluding tert-OH is 1. The third-order valence-corrected chi connectivity index (χ3v) is 12.3. The van der Waals surface area contributed by atoms with Crippen LogP contribution >= 0.6 is 0 Å². The van der Waals surface area contributed by atoms with Crippen LogP contribution in [0.4, 0.5) is 0 Å². The lowest BCUT2D eigenvalue weighted by Crippen LogP contribution is -2.49. The molecular formula is C28H48O. The van der Waals surface area contributed by atoms with Gasteiger partial charge in [0.2, 0.25) is 0 Å². The van der Waals surface area contributed by atoms with E-state index in [1.54, 1.807) is 6.42 Å². The first kappa shape index (κ1) is 20.8. The quantitative estimate of drug-likeness (QED) is 0.507. The lowest BCUT2D eigenvalue weighted by molar-refractivity contribution is -0.0830. The first-order chi connectivity index (χ1) is 13.7. The maximum Gasteiger partial charge on any atom is 0.0543 e. The van der Waals surface area contributed by atoms with Crippen LogP contribution in [0.1, 0.15) is 112 Å². The Hall–Kier alpha value is -0.0400. The summed E-state index contributed by atoms with van der Waals surface area (Å²) in [5, 5.41) is 10.3. The van der Waals surface area contributed by atoms with Crippen LogP contribution in [0.25, 0.3) is 0 Å². The fraction of sp³-hybridized carbons (Fsp3) is 1.00. The Bertz CT molecular complexity index is 626. The van der Waals surface area contributed by atoms with E-state index >= 15 is 0 Å². The summed E-state index contributed by atoms with van der Waals surface area (Å²) in [5.74, 6) is 6.50. The molecular weight excluding hydrogens is 352 g/mol. The van der Waals surface area contributed by atoms with E-state index in [9.17, 15) is 5.11 Å². The zero-order valence-electron chi connectivity index (χ0n) is 20.1. The molecule has 5 saturated carbocycles. The van der Waals surface area contributed by atoms with Crippen LogP contribution in [0.5, 0.6) is 0 Å². The van der Waals surface area contributed by atoms with Crippen molar-refractivity contribution in [3.05, 3.63) is 0 Å². The first-order valence-corrected chi connectivity index (χ1v) is 13.4. The molecule has 29 heavy (non-hydrogen) atoms. The molecule has 0 bridgehead atoms. The van der Waals surface area contributed by atoms with Crippen LogP contribution in [-0.4, -0.2) is 11.2 Å². The highest BCUT2D eigenvalue weighted by Gasteiger charge is 2.78.